The summed E-state index contributed by atoms with van der Waals surface area (Å²) in [6.45, 7) is 0. The number of benzene rings is 8. The maximum absolute atomic E-state index is 5.45. The average Bonchev–Trinajstić information content (AvgIpc) is 3.35. The Kier molecular flexibility index (Phi) is 12.2. The van der Waals surface area contributed by atoms with E-state index >= 15 is 0 Å². The van der Waals surface area contributed by atoms with Crippen LogP contribution < -0.4 is 0 Å². The summed E-state index contributed by atoms with van der Waals surface area (Å²) in [6, 6.07) is 76.0. The van der Waals surface area contributed by atoms with Crippen LogP contribution >= 0.6 is 0 Å². The number of aromatic nitrogens is 2. The van der Waals surface area contributed by atoms with Crippen molar-refractivity contribution in [2.24, 2.45) is 0 Å². The van der Waals surface area contributed by atoms with Gasteiger partial charge in [-0.25, -0.2) is 9.97 Å². The zero-order chi connectivity index (χ0) is 41.8. The van der Waals surface area contributed by atoms with Crippen molar-refractivity contribution in [2.45, 2.75) is 0 Å². The van der Waals surface area contributed by atoms with Crippen molar-refractivity contribution < 1.29 is 0 Å². The van der Waals surface area contributed by atoms with Crippen LogP contribution in [0.1, 0.15) is 45.0 Å². The lowest BCUT2D eigenvalue weighted by Crippen LogP contribution is -2.00. The summed E-state index contributed by atoms with van der Waals surface area (Å²) in [6.07, 6.45) is 17.0. The Morgan fingerprint density at radius 2 is 0.387 bits per heavy atom. The van der Waals surface area contributed by atoms with E-state index in [1.807, 2.05) is 0 Å². The van der Waals surface area contributed by atoms with Gasteiger partial charge in [0.15, 0.2) is 0 Å². The molecule has 0 radical (unpaired) electrons. The Labute approximate surface area is 364 Å². The van der Waals surface area contributed by atoms with Gasteiger partial charge >= 0.3 is 0 Å². The highest BCUT2D eigenvalue weighted by Gasteiger charge is 2.12. The fraction of sp³-hybridized carbons (Fsp3) is 0. The first-order valence-electron chi connectivity index (χ1n) is 21.0. The van der Waals surface area contributed by atoms with Crippen molar-refractivity contribution in [3.63, 3.8) is 0 Å². The van der Waals surface area contributed by atoms with Crippen LogP contribution in [-0.2, 0) is 0 Å². The zero-order valence-electron chi connectivity index (χ0n) is 34.3. The van der Waals surface area contributed by atoms with Crippen LogP contribution in [0.25, 0.3) is 93.1 Å². The Hall–Kier alpha value is -8.20. The van der Waals surface area contributed by atoms with Crippen molar-refractivity contribution in [3.05, 3.63) is 263 Å². The van der Waals surface area contributed by atoms with E-state index in [9.17, 15) is 0 Å². The first kappa shape index (κ1) is 39.3. The first-order valence-corrected chi connectivity index (χ1v) is 21.0. The lowest BCUT2D eigenvalue weighted by atomic mass is 9.98. The summed E-state index contributed by atoms with van der Waals surface area (Å²) in [5.41, 5.74) is 16.7. The number of hydrogen-bond acceptors (Lipinski definition) is 2. The molecule has 2 heteroatoms. The topological polar surface area (TPSA) is 25.8 Å². The van der Waals surface area contributed by atoms with Crippen molar-refractivity contribution in [3.8, 4) is 44.5 Å². The molecule has 9 rings (SSSR count). The molecular formula is C60H44N2. The van der Waals surface area contributed by atoms with Gasteiger partial charge < -0.3 is 0 Å². The Bertz CT molecular complexity index is 2620. The number of rotatable bonds is 12. The second-order valence-corrected chi connectivity index (χ2v) is 14.9. The fourth-order valence-corrected chi connectivity index (χ4v) is 7.75. The van der Waals surface area contributed by atoms with E-state index in [4.69, 9.17) is 9.97 Å². The molecule has 0 fully saturated rings. The molecule has 0 aliphatic carbocycles. The lowest BCUT2D eigenvalue weighted by molar-refractivity contribution is 1.12. The van der Waals surface area contributed by atoms with Gasteiger partial charge in [-0.1, -0.05) is 243 Å². The minimum absolute atomic E-state index is 0.763. The predicted molar refractivity (Wildman–Crippen MR) is 265 cm³/mol. The molecule has 294 valence electrons. The number of hydrogen-bond donors (Lipinski definition) is 0. The molecule has 62 heavy (non-hydrogen) atoms. The highest BCUT2D eigenvalue weighted by molar-refractivity contribution is 5.88. The summed E-state index contributed by atoms with van der Waals surface area (Å²) in [4.78, 5) is 10.9. The summed E-state index contributed by atoms with van der Waals surface area (Å²) < 4.78 is 0. The third kappa shape index (κ3) is 9.31. The summed E-state index contributed by atoms with van der Waals surface area (Å²) >= 11 is 0. The van der Waals surface area contributed by atoms with Crippen LogP contribution in [0.4, 0.5) is 0 Å². The van der Waals surface area contributed by atoms with Gasteiger partial charge in [0.2, 0.25) is 0 Å². The van der Waals surface area contributed by atoms with E-state index in [-0.39, 0.29) is 0 Å². The Morgan fingerprint density at radius 3 is 0.613 bits per heavy atom. The molecule has 1 heterocycles. The quantitative estimate of drug-likeness (QED) is 0.123. The second-order valence-electron chi connectivity index (χ2n) is 14.9. The summed E-state index contributed by atoms with van der Waals surface area (Å²) in [5.74, 6) is 0. The molecule has 8 aromatic carbocycles. The molecule has 0 N–H and O–H groups in total. The highest BCUT2D eigenvalue weighted by Crippen LogP contribution is 2.31. The van der Waals surface area contributed by atoms with Gasteiger partial charge in [0.1, 0.15) is 0 Å². The van der Waals surface area contributed by atoms with E-state index in [0.29, 0.717) is 0 Å². The highest BCUT2D eigenvalue weighted by atomic mass is 14.8. The summed E-state index contributed by atoms with van der Waals surface area (Å²) in [7, 11) is 0. The van der Waals surface area contributed by atoms with Crippen LogP contribution in [0.15, 0.2) is 218 Å². The van der Waals surface area contributed by atoms with Crippen molar-refractivity contribution in [2.75, 3.05) is 0 Å². The van der Waals surface area contributed by atoms with E-state index in [1.165, 1.54) is 0 Å². The molecule has 0 saturated heterocycles. The average molecular weight is 793 g/mol. The Balaban J connectivity index is 1.21. The molecule has 0 atom stereocenters. The van der Waals surface area contributed by atoms with Crippen LogP contribution in [-0.4, -0.2) is 9.97 Å². The largest absolute Gasteiger partial charge is 0.245 e. The van der Waals surface area contributed by atoms with Crippen LogP contribution in [0.5, 0.6) is 0 Å². The second kappa shape index (κ2) is 19.2. The Morgan fingerprint density at radius 1 is 0.194 bits per heavy atom. The molecule has 0 amide bonds. The number of nitrogens with zero attached hydrogens (tertiary/aromatic N) is 2. The van der Waals surface area contributed by atoms with Gasteiger partial charge in [0.05, 0.1) is 22.8 Å². The maximum atomic E-state index is 5.45. The van der Waals surface area contributed by atoms with E-state index in [0.717, 1.165) is 89.5 Å². The fourth-order valence-electron chi connectivity index (χ4n) is 7.75. The van der Waals surface area contributed by atoms with Gasteiger partial charge in [-0.2, -0.15) is 0 Å². The third-order valence-electron chi connectivity index (χ3n) is 10.9. The zero-order valence-corrected chi connectivity index (χ0v) is 34.3. The minimum Gasteiger partial charge on any atom is -0.245 e. The van der Waals surface area contributed by atoms with Crippen molar-refractivity contribution in [1.29, 1.82) is 0 Å². The molecule has 0 unspecified atom stereocenters. The third-order valence-corrected chi connectivity index (χ3v) is 10.9. The smallest absolute Gasteiger partial charge is 0.0894 e. The molecular weight excluding hydrogens is 749 g/mol. The molecule has 9 aromatic rings. The normalized spacial score (nSPS) is 11.6. The van der Waals surface area contributed by atoms with Crippen molar-refractivity contribution in [1.82, 2.24) is 9.97 Å². The molecule has 2 nitrogen and oxygen atoms in total. The van der Waals surface area contributed by atoms with Gasteiger partial charge in [0, 0.05) is 0 Å². The minimum atomic E-state index is 0.763. The lowest BCUT2D eigenvalue weighted by Gasteiger charge is -2.10. The molecule has 0 spiro atoms. The molecule has 0 aliphatic heterocycles. The van der Waals surface area contributed by atoms with Crippen LogP contribution in [0.3, 0.4) is 0 Å². The van der Waals surface area contributed by atoms with Gasteiger partial charge in [-0.15, -0.1) is 0 Å². The molecule has 0 bridgehead atoms. The van der Waals surface area contributed by atoms with Gasteiger partial charge in [-0.3, -0.25) is 0 Å². The summed E-state index contributed by atoms with van der Waals surface area (Å²) in [5, 5.41) is 0. The predicted octanol–water partition coefficient (Wildman–Crippen LogP) is 15.8. The van der Waals surface area contributed by atoms with E-state index in [2.05, 4.69) is 267 Å². The van der Waals surface area contributed by atoms with Gasteiger partial charge in [-0.05, 0) is 91.1 Å². The van der Waals surface area contributed by atoms with Gasteiger partial charge in [0.25, 0.3) is 0 Å². The maximum Gasteiger partial charge on any atom is 0.0894 e. The van der Waals surface area contributed by atoms with E-state index < -0.39 is 0 Å². The van der Waals surface area contributed by atoms with E-state index in [1.54, 1.807) is 0 Å². The van der Waals surface area contributed by atoms with Crippen LogP contribution in [0, 0.1) is 0 Å². The molecule has 0 saturated carbocycles. The van der Waals surface area contributed by atoms with Crippen molar-refractivity contribution >= 4 is 48.6 Å². The SMILES string of the molecule is C(=Cc1nc(C=Cc2ccccc2-c2ccccc2)c(C=Cc2ccccc2-c2ccccc2)nc1C=Cc1ccccc1-c1ccccc1)c1ccccc1-c1ccccc1. The first-order chi connectivity index (χ1) is 30.8. The molecule has 0 aliphatic rings. The monoisotopic (exact) mass is 792 g/mol. The molecule has 1 aromatic heterocycles. The van der Waals surface area contributed by atoms with Crippen LogP contribution in [0.2, 0.25) is 0 Å². The standard InChI is InChI=1S/C60H44N2/c1-5-21-45(22-6-1)53-33-17-13-29-49(53)37-41-57-58(42-38-50-30-14-18-34-54(50)46-23-7-2-8-24-46)62-60(44-40-52-32-16-20-36-56(52)48-27-11-4-12-28-48)59(61-57)43-39-51-31-15-19-35-55(51)47-25-9-3-10-26-47/h1-44H.